The number of thiophene rings is 1. The number of fused-ring (bicyclic) bond motifs is 1. The van der Waals surface area contributed by atoms with E-state index < -0.39 is 0 Å². The molecule has 2 rings (SSSR count). The third-order valence-electron chi connectivity index (χ3n) is 3.05. The van der Waals surface area contributed by atoms with Gasteiger partial charge in [0.05, 0.1) is 5.39 Å². The van der Waals surface area contributed by atoms with Crippen LogP contribution in [0.25, 0.3) is 10.2 Å². The van der Waals surface area contributed by atoms with Gasteiger partial charge in [-0.2, -0.15) is 4.98 Å². The van der Waals surface area contributed by atoms with Gasteiger partial charge in [-0.3, -0.25) is 0 Å². The molecule has 0 aliphatic rings. The molecule has 0 spiro atoms. The molecule has 0 bridgehead atoms. The Morgan fingerprint density at radius 1 is 1.35 bits per heavy atom. The maximum atomic E-state index is 9.14. The SMILES string of the molecule is CCCNc1nc(NC(C)(C)CCO)c2ccsc2n1. The van der Waals surface area contributed by atoms with Crippen molar-refractivity contribution in [2.45, 2.75) is 39.2 Å². The highest BCUT2D eigenvalue weighted by molar-refractivity contribution is 7.16. The number of hydrogen-bond acceptors (Lipinski definition) is 6. The molecule has 110 valence electrons. The first-order valence-corrected chi connectivity index (χ1v) is 7.82. The predicted molar refractivity (Wildman–Crippen MR) is 85.6 cm³/mol. The highest BCUT2D eigenvalue weighted by Crippen LogP contribution is 2.29. The zero-order chi connectivity index (χ0) is 14.6. The molecule has 0 aromatic carbocycles. The monoisotopic (exact) mass is 294 g/mol. The van der Waals surface area contributed by atoms with E-state index in [2.05, 4.69) is 41.4 Å². The summed E-state index contributed by atoms with van der Waals surface area (Å²) in [5.74, 6) is 1.48. The number of aliphatic hydroxyl groups is 1. The lowest BCUT2D eigenvalue weighted by atomic mass is 10.0. The lowest BCUT2D eigenvalue weighted by molar-refractivity contribution is 0.260. The minimum Gasteiger partial charge on any atom is -0.396 e. The van der Waals surface area contributed by atoms with Crippen LogP contribution in [0.4, 0.5) is 11.8 Å². The summed E-state index contributed by atoms with van der Waals surface area (Å²) in [4.78, 5) is 10.1. The van der Waals surface area contributed by atoms with Gasteiger partial charge in [-0.1, -0.05) is 6.92 Å². The van der Waals surface area contributed by atoms with Crippen molar-refractivity contribution in [3.05, 3.63) is 11.4 Å². The normalized spacial score (nSPS) is 11.8. The molecule has 0 atom stereocenters. The van der Waals surface area contributed by atoms with Crippen LogP contribution in [0.1, 0.15) is 33.6 Å². The number of anilines is 2. The van der Waals surface area contributed by atoms with E-state index in [1.165, 1.54) is 0 Å². The van der Waals surface area contributed by atoms with Crippen LogP contribution >= 0.6 is 11.3 Å². The molecule has 2 heterocycles. The first kappa shape index (κ1) is 15.0. The number of aliphatic hydroxyl groups excluding tert-OH is 1. The Bertz CT molecular complexity index is 567. The largest absolute Gasteiger partial charge is 0.396 e. The Balaban J connectivity index is 2.32. The quantitative estimate of drug-likeness (QED) is 0.732. The van der Waals surface area contributed by atoms with E-state index in [0.29, 0.717) is 12.4 Å². The standard InChI is InChI=1S/C14H22N4OS/c1-4-7-15-13-16-11(18-14(2,3)6-8-19)10-5-9-20-12(10)17-13/h5,9,19H,4,6-8H2,1-3H3,(H2,15,16,17,18). The number of aromatic nitrogens is 2. The maximum absolute atomic E-state index is 9.14. The fourth-order valence-electron chi connectivity index (χ4n) is 1.93. The van der Waals surface area contributed by atoms with Crippen molar-refractivity contribution in [2.75, 3.05) is 23.8 Å². The van der Waals surface area contributed by atoms with Crippen molar-refractivity contribution in [3.8, 4) is 0 Å². The van der Waals surface area contributed by atoms with Gasteiger partial charge in [-0.05, 0) is 38.1 Å². The van der Waals surface area contributed by atoms with Gasteiger partial charge in [0.2, 0.25) is 5.95 Å². The molecule has 3 N–H and O–H groups in total. The summed E-state index contributed by atoms with van der Waals surface area (Å²) in [6.07, 6.45) is 1.70. The zero-order valence-electron chi connectivity index (χ0n) is 12.2. The molecule has 0 saturated heterocycles. The first-order chi connectivity index (χ1) is 9.55. The van der Waals surface area contributed by atoms with Gasteiger partial charge in [-0.15, -0.1) is 11.3 Å². The average molecular weight is 294 g/mol. The van der Waals surface area contributed by atoms with Crippen molar-refractivity contribution in [3.63, 3.8) is 0 Å². The van der Waals surface area contributed by atoms with Crippen LogP contribution < -0.4 is 10.6 Å². The molecule has 0 aliphatic heterocycles. The molecule has 0 amide bonds. The smallest absolute Gasteiger partial charge is 0.226 e. The minimum absolute atomic E-state index is 0.152. The van der Waals surface area contributed by atoms with E-state index in [1.807, 2.05) is 11.4 Å². The lowest BCUT2D eigenvalue weighted by Gasteiger charge is -2.26. The highest BCUT2D eigenvalue weighted by Gasteiger charge is 2.19. The van der Waals surface area contributed by atoms with Gasteiger partial charge in [0.25, 0.3) is 0 Å². The van der Waals surface area contributed by atoms with Crippen LogP contribution in [-0.4, -0.2) is 33.8 Å². The molecule has 2 aromatic rings. The van der Waals surface area contributed by atoms with E-state index in [4.69, 9.17) is 5.11 Å². The predicted octanol–water partition coefficient (Wildman–Crippen LogP) is 3.09. The molecule has 0 radical (unpaired) electrons. The fraction of sp³-hybridized carbons (Fsp3) is 0.571. The molecule has 0 aliphatic carbocycles. The van der Waals surface area contributed by atoms with E-state index in [0.717, 1.165) is 29.0 Å². The third kappa shape index (κ3) is 3.58. The summed E-state index contributed by atoms with van der Waals surface area (Å²) in [6.45, 7) is 7.24. The Labute approximate surface area is 123 Å². The van der Waals surface area contributed by atoms with Crippen LogP contribution in [0, 0.1) is 0 Å². The van der Waals surface area contributed by atoms with Gasteiger partial charge in [0.1, 0.15) is 10.6 Å². The van der Waals surface area contributed by atoms with Crippen molar-refractivity contribution in [2.24, 2.45) is 0 Å². The topological polar surface area (TPSA) is 70.1 Å². The molecule has 20 heavy (non-hydrogen) atoms. The van der Waals surface area contributed by atoms with E-state index in [-0.39, 0.29) is 12.1 Å². The second-order valence-electron chi connectivity index (χ2n) is 5.44. The second-order valence-corrected chi connectivity index (χ2v) is 6.34. The molecule has 0 fully saturated rings. The number of hydrogen-bond donors (Lipinski definition) is 3. The van der Waals surface area contributed by atoms with Crippen LogP contribution in [0.2, 0.25) is 0 Å². The van der Waals surface area contributed by atoms with Gasteiger partial charge in [-0.25, -0.2) is 4.98 Å². The Kier molecular flexibility index (Phi) is 4.77. The summed E-state index contributed by atoms with van der Waals surface area (Å²) in [6, 6.07) is 2.03. The van der Waals surface area contributed by atoms with Gasteiger partial charge in [0, 0.05) is 18.7 Å². The van der Waals surface area contributed by atoms with Crippen molar-refractivity contribution < 1.29 is 5.11 Å². The van der Waals surface area contributed by atoms with Crippen LogP contribution in [-0.2, 0) is 0 Å². The van der Waals surface area contributed by atoms with E-state index in [9.17, 15) is 0 Å². The van der Waals surface area contributed by atoms with Crippen LogP contribution in [0.5, 0.6) is 0 Å². The summed E-state index contributed by atoms with van der Waals surface area (Å²) in [5, 5.41) is 18.8. The highest BCUT2D eigenvalue weighted by atomic mass is 32.1. The van der Waals surface area contributed by atoms with E-state index in [1.54, 1.807) is 11.3 Å². The molecule has 0 saturated carbocycles. The number of nitrogens with zero attached hydrogens (tertiary/aromatic N) is 2. The van der Waals surface area contributed by atoms with Gasteiger partial charge in [0.15, 0.2) is 0 Å². The Morgan fingerprint density at radius 2 is 2.15 bits per heavy atom. The first-order valence-electron chi connectivity index (χ1n) is 6.94. The second kappa shape index (κ2) is 6.37. The van der Waals surface area contributed by atoms with Crippen LogP contribution in [0.15, 0.2) is 11.4 Å². The zero-order valence-corrected chi connectivity index (χ0v) is 13.0. The summed E-state index contributed by atoms with van der Waals surface area (Å²) >= 11 is 1.61. The Morgan fingerprint density at radius 3 is 2.85 bits per heavy atom. The van der Waals surface area contributed by atoms with Crippen molar-refractivity contribution in [1.82, 2.24) is 9.97 Å². The summed E-state index contributed by atoms with van der Waals surface area (Å²) in [7, 11) is 0. The average Bonchev–Trinajstić information content (AvgIpc) is 2.84. The summed E-state index contributed by atoms with van der Waals surface area (Å²) < 4.78 is 0. The summed E-state index contributed by atoms with van der Waals surface area (Å²) in [5.41, 5.74) is -0.208. The molecule has 5 nitrogen and oxygen atoms in total. The number of nitrogens with one attached hydrogen (secondary N) is 2. The van der Waals surface area contributed by atoms with Gasteiger partial charge < -0.3 is 15.7 Å². The third-order valence-corrected chi connectivity index (χ3v) is 3.86. The minimum atomic E-state index is -0.208. The molecule has 0 unspecified atom stereocenters. The molecular weight excluding hydrogens is 272 g/mol. The molecule has 2 aromatic heterocycles. The Hall–Kier alpha value is -1.40. The lowest BCUT2D eigenvalue weighted by Crippen LogP contribution is -2.32. The van der Waals surface area contributed by atoms with Gasteiger partial charge >= 0.3 is 0 Å². The molecule has 6 heteroatoms. The number of rotatable bonds is 7. The van der Waals surface area contributed by atoms with Crippen molar-refractivity contribution in [1.29, 1.82) is 0 Å². The fourth-order valence-corrected chi connectivity index (χ4v) is 2.69. The molecular formula is C14H22N4OS. The van der Waals surface area contributed by atoms with Crippen LogP contribution in [0.3, 0.4) is 0 Å². The van der Waals surface area contributed by atoms with Crippen molar-refractivity contribution >= 4 is 33.3 Å². The van der Waals surface area contributed by atoms with E-state index >= 15 is 0 Å². The maximum Gasteiger partial charge on any atom is 0.226 e.